The Morgan fingerprint density at radius 3 is 2.79 bits per heavy atom. The Kier molecular flexibility index (Phi) is 5.30. The van der Waals surface area contributed by atoms with Crippen molar-refractivity contribution < 1.29 is 13.2 Å². The topological polar surface area (TPSA) is 106 Å². The van der Waals surface area contributed by atoms with Gasteiger partial charge >= 0.3 is 0 Å². The van der Waals surface area contributed by atoms with E-state index in [9.17, 15) is 13.2 Å². The number of sulfone groups is 1. The average molecular weight is 441 g/mol. The van der Waals surface area contributed by atoms with Crippen LogP contribution in [0.4, 0.5) is 5.82 Å². The van der Waals surface area contributed by atoms with E-state index < -0.39 is 15.1 Å². The minimum Gasteiger partial charge on any atom is -0.383 e. The van der Waals surface area contributed by atoms with E-state index in [1.807, 2.05) is 0 Å². The van der Waals surface area contributed by atoms with Crippen LogP contribution in [0.3, 0.4) is 0 Å². The van der Waals surface area contributed by atoms with E-state index in [1.165, 1.54) is 35.0 Å². The van der Waals surface area contributed by atoms with Gasteiger partial charge in [-0.1, -0.05) is 11.8 Å². The molecule has 2 atom stereocenters. The molecule has 2 unspecified atom stereocenters. The fraction of sp³-hybridized carbons (Fsp3) is 0.611. The molecule has 0 bridgehead atoms. The van der Waals surface area contributed by atoms with E-state index in [4.69, 9.17) is 5.73 Å². The number of anilines is 1. The van der Waals surface area contributed by atoms with Gasteiger partial charge in [-0.25, -0.2) is 18.4 Å². The Morgan fingerprint density at radius 1 is 1.32 bits per heavy atom. The highest BCUT2D eigenvalue weighted by atomic mass is 32.2. The van der Waals surface area contributed by atoms with Gasteiger partial charge in [0.05, 0.1) is 22.1 Å². The highest BCUT2D eigenvalue weighted by molar-refractivity contribution is 8.00. The van der Waals surface area contributed by atoms with Crippen molar-refractivity contribution in [2.24, 2.45) is 0 Å². The molecule has 3 heterocycles. The lowest BCUT2D eigenvalue weighted by Gasteiger charge is -2.26. The van der Waals surface area contributed by atoms with Gasteiger partial charge in [-0.2, -0.15) is 0 Å². The maximum Gasteiger partial charge on any atom is 0.235 e. The number of hydrogen-bond acceptors (Lipinski definition) is 8. The SMILES string of the molecule is CC(Sc1nc(N)c2c3c(sc2n1)CCCC3)C(=O)N(C)C1CCS(=O)(=O)C1. The van der Waals surface area contributed by atoms with Crippen LogP contribution in [0.15, 0.2) is 5.16 Å². The normalized spacial score (nSPS) is 22.1. The molecule has 2 N–H and O–H groups in total. The van der Waals surface area contributed by atoms with Gasteiger partial charge < -0.3 is 10.6 Å². The fourth-order valence-electron chi connectivity index (χ4n) is 3.97. The van der Waals surface area contributed by atoms with Crippen LogP contribution in [-0.4, -0.2) is 59.0 Å². The third kappa shape index (κ3) is 3.73. The summed E-state index contributed by atoms with van der Waals surface area (Å²) in [7, 11) is -1.35. The number of aryl methyl sites for hydroxylation is 2. The van der Waals surface area contributed by atoms with Gasteiger partial charge in [0.2, 0.25) is 5.91 Å². The molecule has 1 saturated heterocycles. The highest BCUT2D eigenvalue weighted by Crippen LogP contribution is 2.39. The van der Waals surface area contributed by atoms with E-state index in [-0.39, 0.29) is 23.5 Å². The molecule has 1 aliphatic heterocycles. The summed E-state index contributed by atoms with van der Waals surface area (Å²) in [6.45, 7) is 1.80. The molecule has 152 valence electrons. The zero-order valence-electron chi connectivity index (χ0n) is 16.0. The van der Waals surface area contributed by atoms with Crippen molar-refractivity contribution in [2.45, 2.75) is 55.5 Å². The first-order valence-corrected chi connectivity index (χ1v) is 13.0. The monoisotopic (exact) mass is 440 g/mol. The number of rotatable bonds is 4. The molecule has 1 fully saturated rings. The Morgan fingerprint density at radius 2 is 2.07 bits per heavy atom. The second-order valence-corrected chi connectivity index (χ2v) is 12.2. The van der Waals surface area contributed by atoms with Gasteiger partial charge in [0.1, 0.15) is 10.6 Å². The number of carbonyl (C=O) groups is 1. The van der Waals surface area contributed by atoms with Crippen LogP contribution in [0.1, 0.15) is 36.6 Å². The van der Waals surface area contributed by atoms with Crippen molar-refractivity contribution in [3.05, 3.63) is 10.4 Å². The van der Waals surface area contributed by atoms with Gasteiger partial charge in [-0.05, 0) is 44.6 Å². The minimum absolute atomic E-state index is 0.0444. The summed E-state index contributed by atoms with van der Waals surface area (Å²) < 4.78 is 23.4. The van der Waals surface area contributed by atoms with E-state index in [2.05, 4.69) is 9.97 Å². The number of thiophene rings is 1. The predicted molar refractivity (Wildman–Crippen MR) is 114 cm³/mol. The molecule has 0 radical (unpaired) electrons. The van der Waals surface area contributed by atoms with Crippen molar-refractivity contribution in [1.82, 2.24) is 14.9 Å². The number of nitrogens with two attached hydrogens (primary N) is 1. The van der Waals surface area contributed by atoms with Crippen LogP contribution in [0, 0.1) is 0 Å². The van der Waals surface area contributed by atoms with E-state index in [1.54, 1.807) is 30.2 Å². The highest BCUT2D eigenvalue weighted by Gasteiger charge is 2.34. The maximum absolute atomic E-state index is 12.8. The number of nitrogens with zero attached hydrogens (tertiary/aromatic N) is 3. The molecular formula is C18H24N4O3S3. The largest absolute Gasteiger partial charge is 0.383 e. The van der Waals surface area contributed by atoms with E-state index in [0.717, 1.165) is 23.1 Å². The Hall–Kier alpha value is -1.39. The van der Waals surface area contributed by atoms with Crippen molar-refractivity contribution in [1.29, 1.82) is 0 Å². The van der Waals surface area contributed by atoms with Crippen molar-refractivity contribution in [3.63, 3.8) is 0 Å². The number of aromatic nitrogens is 2. The lowest BCUT2D eigenvalue weighted by atomic mass is 9.97. The number of fused-ring (bicyclic) bond motifs is 3. The van der Waals surface area contributed by atoms with Crippen LogP contribution < -0.4 is 5.73 Å². The van der Waals surface area contributed by atoms with Gasteiger partial charge in [0, 0.05) is 18.0 Å². The molecule has 2 aromatic heterocycles. The molecule has 2 aromatic rings. The van der Waals surface area contributed by atoms with E-state index >= 15 is 0 Å². The minimum atomic E-state index is -3.03. The second kappa shape index (κ2) is 7.46. The summed E-state index contributed by atoms with van der Waals surface area (Å²) in [5.74, 6) is 0.570. The smallest absolute Gasteiger partial charge is 0.235 e. The number of hydrogen-bond donors (Lipinski definition) is 1. The molecule has 10 heteroatoms. The first-order valence-electron chi connectivity index (χ1n) is 9.46. The van der Waals surface area contributed by atoms with E-state index in [0.29, 0.717) is 17.4 Å². The predicted octanol–water partition coefficient (Wildman–Crippen LogP) is 2.28. The lowest BCUT2D eigenvalue weighted by Crippen LogP contribution is -2.41. The molecule has 1 amide bonds. The maximum atomic E-state index is 12.8. The average Bonchev–Trinajstić information content (AvgIpc) is 3.20. The number of carbonyl (C=O) groups excluding carboxylic acids is 1. The Balaban J connectivity index is 1.52. The molecule has 7 nitrogen and oxygen atoms in total. The first kappa shape index (κ1) is 19.9. The van der Waals surface area contributed by atoms with Crippen LogP contribution >= 0.6 is 23.1 Å². The van der Waals surface area contributed by atoms with Crippen molar-refractivity contribution >= 4 is 54.9 Å². The third-order valence-corrected chi connectivity index (χ3v) is 9.44. The van der Waals surface area contributed by atoms with Crippen LogP contribution in [-0.2, 0) is 27.5 Å². The molecular weight excluding hydrogens is 416 g/mol. The van der Waals surface area contributed by atoms with Crippen molar-refractivity contribution in [2.75, 3.05) is 24.3 Å². The molecule has 0 saturated carbocycles. The summed E-state index contributed by atoms with van der Waals surface area (Å²) in [5, 5.41) is 1.06. The summed E-state index contributed by atoms with van der Waals surface area (Å²) >= 11 is 2.96. The quantitative estimate of drug-likeness (QED) is 0.574. The second-order valence-electron chi connectivity index (χ2n) is 7.55. The molecule has 1 aliphatic carbocycles. The Bertz CT molecular complexity index is 1030. The summed E-state index contributed by atoms with van der Waals surface area (Å²) in [4.78, 5) is 25.7. The van der Waals surface area contributed by atoms with Gasteiger partial charge in [-0.3, -0.25) is 4.79 Å². The third-order valence-electron chi connectivity index (χ3n) is 5.56. The number of amides is 1. The zero-order valence-corrected chi connectivity index (χ0v) is 18.4. The fourth-order valence-corrected chi connectivity index (χ4v) is 7.95. The number of thioether (sulfide) groups is 1. The molecule has 0 aromatic carbocycles. The molecule has 2 aliphatic rings. The summed E-state index contributed by atoms with van der Waals surface area (Å²) in [5.41, 5.74) is 7.54. The zero-order chi connectivity index (χ0) is 20.1. The van der Waals surface area contributed by atoms with Crippen LogP contribution in [0.25, 0.3) is 10.2 Å². The van der Waals surface area contributed by atoms with Crippen LogP contribution in [0.2, 0.25) is 0 Å². The lowest BCUT2D eigenvalue weighted by molar-refractivity contribution is -0.130. The standard InChI is InChI=1S/C18H24N4O3S3/c1-10(17(23)22(2)11-7-8-28(24,25)9-11)26-18-20-15(19)14-12-5-3-4-6-13(12)27-16(14)21-18/h10-11H,3-9H2,1-2H3,(H2,19,20,21). The molecule has 4 rings (SSSR count). The first-order chi connectivity index (χ1) is 13.2. The number of nitrogen functional groups attached to an aromatic ring is 1. The molecule has 28 heavy (non-hydrogen) atoms. The van der Waals surface area contributed by atoms with Gasteiger partial charge in [0.25, 0.3) is 0 Å². The summed E-state index contributed by atoms with van der Waals surface area (Å²) in [6, 6.07) is -0.252. The van der Waals surface area contributed by atoms with Crippen molar-refractivity contribution in [3.8, 4) is 0 Å². The molecule has 0 spiro atoms. The van der Waals surface area contributed by atoms with Gasteiger partial charge in [0.15, 0.2) is 15.0 Å². The summed E-state index contributed by atoms with van der Waals surface area (Å²) in [6.07, 6.45) is 4.97. The van der Waals surface area contributed by atoms with Crippen LogP contribution in [0.5, 0.6) is 0 Å². The Labute approximate surface area is 173 Å². The van der Waals surface area contributed by atoms with Gasteiger partial charge in [-0.15, -0.1) is 11.3 Å².